The van der Waals surface area contributed by atoms with Gasteiger partial charge in [-0.05, 0) is 93.8 Å². The van der Waals surface area contributed by atoms with Crippen molar-refractivity contribution in [2.24, 2.45) is 0 Å². The molecule has 0 atom stereocenters. The minimum absolute atomic E-state index is 0.134. The van der Waals surface area contributed by atoms with Crippen molar-refractivity contribution in [3.63, 3.8) is 0 Å². The Hall–Kier alpha value is -0.970. The lowest BCUT2D eigenvalue weighted by Crippen LogP contribution is -2.35. The molecule has 1 heterocycles. The van der Waals surface area contributed by atoms with Gasteiger partial charge in [-0.15, -0.1) is 0 Å². The van der Waals surface area contributed by atoms with E-state index in [1.807, 2.05) is 24.3 Å². The van der Waals surface area contributed by atoms with E-state index in [2.05, 4.69) is 43.8 Å². The fraction of sp³-hybridized carbons (Fsp3) is 0.278. The number of sulfonamides is 1. The highest BCUT2D eigenvalue weighted by Crippen LogP contribution is 2.28. The molecule has 8 heteroatoms. The van der Waals surface area contributed by atoms with Gasteiger partial charge in [-0.3, -0.25) is 4.79 Å². The average Bonchev–Trinajstić information content (AvgIpc) is 2.64. The maximum absolute atomic E-state index is 12.9. The van der Waals surface area contributed by atoms with Gasteiger partial charge in [0.1, 0.15) is 0 Å². The number of carbonyl (C=O) groups excluding carboxylic acids is 1. The van der Waals surface area contributed by atoms with Crippen molar-refractivity contribution in [1.82, 2.24) is 4.31 Å². The second-order valence-electron chi connectivity index (χ2n) is 6.07. The van der Waals surface area contributed by atoms with Crippen molar-refractivity contribution < 1.29 is 13.2 Å². The molecule has 0 unspecified atom stereocenters. The van der Waals surface area contributed by atoms with Crippen LogP contribution in [0.25, 0.3) is 0 Å². The van der Waals surface area contributed by atoms with Crippen molar-refractivity contribution >= 4 is 60.1 Å². The first-order chi connectivity index (χ1) is 12.4. The second-order valence-corrected chi connectivity index (χ2v) is 10.1. The van der Waals surface area contributed by atoms with E-state index >= 15 is 0 Å². The van der Waals surface area contributed by atoms with Crippen LogP contribution in [0.1, 0.15) is 29.6 Å². The molecule has 26 heavy (non-hydrogen) atoms. The van der Waals surface area contributed by atoms with Gasteiger partial charge in [-0.2, -0.15) is 4.31 Å². The Labute approximate surface area is 175 Å². The van der Waals surface area contributed by atoms with E-state index in [1.54, 1.807) is 12.1 Å². The molecule has 0 aliphatic carbocycles. The number of nitrogens with zero attached hydrogens (tertiary/aromatic N) is 1. The van der Waals surface area contributed by atoms with E-state index < -0.39 is 10.0 Å². The molecule has 5 nitrogen and oxygen atoms in total. The average molecular weight is 549 g/mol. The third kappa shape index (κ3) is 4.47. The van der Waals surface area contributed by atoms with Crippen LogP contribution in [0.5, 0.6) is 0 Å². The lowest BCUT2D eigenvalue weighted by atomic mass is 10.2. The SMILES string of the molecule is O=C(Nc1ccc(I)cc1)c1ccc(Br)c(S(=O)(=O)N2CCCCC2)c1. The molecule has 2 aromatic rings. The number of rotatable bonds is 4. The molecular formula is C18H18BrIN2O3S. The number of benzene rings is 2. The molecule has 1 aliphatic rings. The minimum atomic E-state index is -3.62. The van der Waals surface area contributed by atoms with Crippen LogP contribution in [0.3, 0.4) is 0 Å². The first-order valence-electron chi connectivity index (χ1n) is 8.24. The molecule has 2 aromatic carbocycles. The summed E-state index contributed by atoms with van der Waals surface area (Å²) in [5, 5.41) is 2.80. The Morgan fingerprint density at radius 3 is 2.35 bits per heavy atom. The normalized spacial score (nSPS) is 15.6. The zero-order chi connectivity index (χ0) is 18.7. The van der Waals surface area contributed by atoms with Crippen molar-refractivity contribution in [3.05, 3.63) is 56.1 Å². The van der Waals surface area contributed by atoms with Crippen LogP contribution >= 0.6 is 38.5 Å². The maximum Gasteiger partial charge on any atom is 0.255 e. The first-order valence-corrected chi connectivity index (χ1v) is 11.6. The highest BCUT2D eigenvalue weighted by Gasteiger charge is 2.28. The van der Waals surface area contributed by atoms with Gasteiger partial charge < -0.3 is 5.32 Å². The van der Waals surface area contributed by atoms with Crippen LogP contribution in [0.15, 0.2) is 51.8 Å². The summed E-state index contributed by atoms with van der Waals surface area (Å²) in [6.07, 6.45) is 2.78. The quantitative estimate of drug-likeness (QED) is 0.573. The van der Waals surface area contributed by atoms with E-state index in [0.29, 0.717) is 28.8 Å². The van der Waals surface area contributed by atoms with E-state index in [0.717, 1.165) is 22.8 Å². The fourth-order valence-corrected chi connectivity index (χ4v) is 5.65. The summed E-state index contributed by atoms with van der Waals surface area (Å²) in [6.45, 7) is 1.04. The molecule has 0 bridgehead atoms. The number of nitrogens with one attached hydrogen (secondary N) is 1. The number of amides is 1. The molecule has 0 spiro atoms. The van der Waals surface area contributed by atoms with Crippen molar-refractivity contribution in [3.8, 4) is 0 Å². The van der Waals surface area contributed by atoms with Crippen LogP contribution in [0.2, 0.25) is 0 Å². The van der Waals surface area contributed by atoms with E-state index in [9.17, 15) is 13.2 Å². The van der Waals surface area contributed by atoms with E-state index in [-0.39, 0.29) is 10.8 Å². The summed E-state index contributed by atoms with van der Waals surface area (Å²) in [4.78, 5) is 12.7. The molecular weight excluding hydrogens is 531 g/mol. The second kappa shape index (κ2) is 8.37. The minimum Gasteiger partial charge on any atom is -0.322 e. The lowest BCUT2D eigenvalue weighted by Gasteiger charge is -2.26. The van der Waals surface area contributed by atoms with Gasteiger partial charge in [0.15, 0.2) is 0 Å². The van der Waals surface area contributed by atoms with Gasteiger partial charge in [-0.25, -0.2) is 8.42 Å². The summed E-state index contributed by atoms with van der Waals surface area (Å²) in [5.74, 6) is -0.339. The monoisotopic (exact) mass is 548 g/mol. The molecule has 1 N–H and O–H groups in total. The van der Waals surface area contributed by atoms with Gasteiger partial charge in [0, 0.05) is 32.4 Å². The lowest BCUT2D eigenvalue weighted by molar-refractivity contribution is 0.102. The summed E-state index contributed by atoms with van der Waals surface area (Å²) in [6, 6.07) is 12.1. The number of anilines is 1. The third-order valence-corrected chi connectivity index (χ3v) is 7.84. The molecule has 0 saturated carbocycles. The standard InChI is InChI=1S/C18H18BrIN2O3S/c19-16-9-4-13(18(23)21-15-7-5-14(20)6-8-15)12-17(16)26(24,25)22-10-2-1-3-11-22/h4-9,12H,1-3,10-11H2,(H,21,23). The van der Waals surface area contributed by atoms with Crippen LogP contribution in [0.4, 0.5) is 5.69 Å². The maximum atomic E-state index is 12.9. The molecule has 1 saturated heterocycles. The van der Waals surface area contributed by atoms with Gasteiger partial charge in [-0.1, -0.05) is 6.42 Å². The fourth-order valence-electron chi connectivity index (χ4n) is 2.82. The molecule has 0 radical (unpaired) electrons. The van der Waals surface area contributed by atoms with Crippen LogP contribution in [-0.2, 0) is 10.0 Å². The Balaban J connectivity index is 1.87. The topological polar surface area (TPSA) is 66.5 Å². The largest absolute Gasteiger partial charge is 0.322 e. The molecule has 138 valence electrons. The van der Waals surface area contributed by atoms with E-state index in [1.165, 1.54) is 10.4 Å². The predicted molar refractivity (Wildman–Crippen MR) is 114 cm³/mol. The summed E-state index contributed by atoms with van der Waals surface area (Å²) < 4.78 is 28.9. The highest BCUT2D eigenvalue weighted by molar-refractivity contribution is 14.1. The highest BCUT2D eigenvalue weighted by atomic mass is 127. The summed E-state index contributed by atoms with van der Waals surface area (Å²) >= 11 is 5.51. The number of halogens is 2. The van der Waals surface area contributed by atoms with Crippen molar-refractivity contribution in [2.75, 3.05) is 18.4 Å². The van der Waals surface area contributed by atoms with Crippen molar-refractivity contribution in [1.29, 1.82) is 0 Å². The van der Waals surface area contributed by atoms with Gasteiger partial charge in [0.2, 0.25) is 10.0 Å². The zero-order valence-corrected chi connectivity index (χ0v) is 18.5. The smallest absolute Gasteiger partial charge is 0.255 e. The van der Waals surface area contributed by atoms with Gasteiger partial charge in [0.25, 0.3) is 5.91 Å². The van der Waals surface area contributed by atoms with Crippen LogP contribution in [-0.4, -0.2) is 31.7 Å². The number of hydrogen-bond acceptors (Lipinski definition) is 3. The third-order valence-electron chi connectivity index (χ3n) is 4.23. The summed E-state index contributed by atoms with van der Waals surface area (Å²) in [5.41, 5.74) is 0.973. The van der Waals surface area contributed by atoms with Gasteiger partial charge in [0.05, 0.1) is 4.90 Å². The van der Waals surface area contributed by atoms with Crippen molar-refractivity contribution in [2.45, 2.75) is 24.2 Å². The first kappa shape index (κ1) is 19.8. The number of piperidine rings is 1. The van der Waals surface area contributed by atoms with Crippen LogP contribution in [0, 0.1) is 3.57 Å². The Kier molecular flexibility index (Phi) is 6.37. The zero-order valence-electron chi connectivity index (χ0n) is 13.9. The predicted octanol–water partition coefficient (Wildman–Crippen LogP) is 4.48. The van der Waals surface area contributed by atoms with Crippen LogP contribution < -0.4 is 5.32 Å². The molecule has 1 aliphatic heterocycles. The molecule has 0 aromatic heterocycles. The molecule has 1 fully saturated rings. The van der Waals surface area contributed by atoms with Gasteiger partial charge >= 0.3 is 0 Å². The Morgan fingerprint density at radius 1 is 1.04 bits per heavy atom. The Morgan fingerprint density at radius 2 is 1.69 bits per heavy atom. The van der Waals surface area contributed by atoms with E-state index in [4.69, 9.17) is 0 Å². The molecule has 1 amide bonds. The number of hydrogen-bond donors (Lipinski definition) is 1. The molecule has 3 rings (SSSR count). The summed E-state index contributed by atoms with van der Waals surface area (Å²) in [7, 11) is -3.62. The Bertz CT molecular complexity index is 911. The number of carbonyl (C=O) groups is 1.